The summed E-state index contributed by atoms with van der Waals surface area (Å²) in [4.78, 5) is 27.2. The molecule has 2 N–H and O–H groups in total. The van der Waals surface area contributed by atoms with Gasteiger partial charge in [-0.1, -0.05) is 41.4 Å². The van der Waals surface area contributed by atoms with Crippen LogP contribution in [0.15, 0.2) is 59.5 Å². The fourth-order valence-electron chi connectivity index (χ4n) is 3.34. The van der Waals surface area contributed by atoms with Crippen LogP contribution >= 0.6 is 23.2 Å². The van der Waals surface area contributed by atoms with Gasteiger partial charge in [-0.25, -0.2) is 18.1 Å². The number of pyridine rings is 1. The molecule has 34 heavy (non-hydrogen) atoms. The molecule has 176 valence electrons. The second-order valence-corrected chi connectivity index (χ2v) is 9.94. The molecule has 4 rings (SSSR count). The van der Waals surface area contributed by atoms with Crippen LogP contribution < -0.4 is 20.4 Å². The Kier molecular flexibility index (Phi) is 6.76. The first-order valence-electron chi connectivity index (χ1n) is 9.91. The molecule has 0 saturated carbocycles. The van der Waals surface area contributed by atoms with Gasteiger partial charge in [-0.15, -0.1) is 4.73 Å². The van der Waals surface area contributed by atoms with Crippen molar-refractivity contribution in [3.8, 4) is 11.1 Å². The van der Waals surface area contributed by atoms with Crippen LogP contribution in [0, 0.1) is 0 Å². The molecule has 0 aliphatic heterocycles. The molecule has 2 aromatic heterocycles. The van der Waals surface area contributed by atoms with Crippen LogP contribution in [-0.2, 0) is 15.8 Å². The summed E-state index contributed by atoms with van der Waals surface area (Å²) in [6.45, 7) is 0. The second-order valence-electron chi connectivity index (χ2n) is 7.19. The number of aromatic nitrogens is 3. The Hall–Kier alpha value is -3.18. The number of hydrogen-bond donors (Lipinski definition) is 2. The van der Waals surface area contributed by atoms with E-state index in [4.69, 9.17) is 28.0 Å². The first-order valence-corrected chi connectivity index (χ1v) is 12.3. The fourth-order valence-corrected chi connectivity index (χ4v) is 4.71. The maximum atomic E-state index is 13.2. The van der Waals surface area contributed by atoms with Crippen molar-refractivity contribution in [1.82, 2.24) is 19.4 Å². The van der Waals surface area contributed by atoms with E-state index in [0.717, 1.165) is 4.73 Å². The first kappa shape index (κ1) is 24.0. The van der Waals surface area contributed by atoms with Crippen LogP contribution in [0.4, 0.5) is 11.6 Å². The number of benzene rings is 2. The first-order chi connectivity index (χ1) is 16.2. The summed E-state index contributed by atoms with van der Waals surface area (Å²) in [5, 5.41) is 4.23. The van der Waals surface area contributed by atoms with E-state index in [1.807, 2.05) is 0 Å². The van der Waals surface area contributed by atoms with Gasteiger partial charge >= 0.3 is 0 Å². The smallest absolute Gasteiger partial charge is 0.293 e. The van der Waals surface area contributed by atoms with Crippen molar-refractivity contribution in [1.29, 1.82) is 0 Å². The average Bonchev–Trinajstić information content (AvgIpc) is 2.80. The predicted octanol–water partition coefficient (Wildman–Crippen LogP) is 3.62. The largest absolute Gasteiger partial charge is 0.412 e. The van der Waals surface area contributed by atoms with Crippen LogP contribution in [0.3, 0.4) is 0 Å². The third-order valence-corrected chi connectivity index (χ3v) is 6.96. The molecule has 2 aromatic carbocycles. The van der Waals surface area contributed by atoms with Gasteiger partial charge in [0.15, 0.2) is 5.65 Å². The molecule has 2 heterocycles. The predicted molar refractivity (Wildman–Crippen MR) is 133 cm³/mol. The Morgan fingerprint density at radius 1 is 1.09 bits per heavy atom. The normalized spacial score (nSPS) is 11.5. The number of nitrogens with one attached hydrogen (secondary N) is 2. The molecule has 9 nitrogen and oxygen atoms in total. The molecule has 12 heteroatoms. The number of hydrogen-bond acceptors (Lipinski definition) is 7. The molecule has 0 bridgehead atoms. The minimum absolute atomic E-state index is 0.131. The molecule has 0 radical (unpaired) electrons. The SMILES string of the molecule is CNS(=O)(=O)Cc1ccc(Nc2ncc3cc(-c4c(Cl)cccc4Cl)c(=O)n(OC)c3n2)cc1. The van der Waals surface area contributed by atoms with Gasteiger partial charge in [0.2, 0.25) is 16.0 Å². The lowest BCUT2D eigenvalue weighted by atomic mass is 10.1. The molecular weight excluding hydrogens is 501 g/mol. The number of fused-ring (bicyclic) bond motifs is 1. The Morgan fingerprint density at radius 3 is 2.38 bits per heavy atom. The highest BCUT2D eigenvalue weighted by molar-refractivity contribution is 7.88. The maximum Gasteiger partial charge on any atom is 0.293 e. The van der Waals surface area contributed by atoms with Crippen molar-refractivity contribution in [2.75, 3.05) is 19.5 Å². The molecule has 0 atom stereocenters. The van der Waals surface area contributed by atoms with Crippen molar-refractivity contribution in [3.05, 3.63) is 80.7 Å². The molecule has 4 aromatic rings. The Balaban J connectivity index is 1.70. The van der Waals surface area contributed by atoms with E-state index >= 15 is 0 Å². The summed E-state index contributed by atoms with van der Waals surface area (Å²) in [7, 11) is -0.645. The van der Waals surface area contributed by atoms with E-state index in [-0.39, 0.29) is 22.9 Å². The van der Waals surface area contributed by atoms with Crippen LogP contribution in [0.1, 0.15) is 5.56 Å². The van der Waals surface area contributed by atoms with Gasteiger partial charge in [-0.05, 0) is 42.9 Å². The highest BCUT2D eigenvalue weighted by Crippen LogP contribution is 2.33. The molecule has 0 unspecified atom stereocenters. The van der Waals surface area contributed by atoms with E-state index in [1.54, 1.807) is 54.7 Å². The van der Waals surface area contributed by atoms with Crippen molar-refractivity contribution in [2.24, 2.45) is 0 Å². The third-order valence-electron chi connectivity index (χ3n) is 5.00. The van der Waals surface area contributed by atoms with Crippen LogP contribution in [0.25, 0.3) is 22.2 Å². The number of rotatable bonds is 7. The maximum absolute atomic E-state index is 13.2. The topological polar surface area (TPSA) is 115 Å². The van der Waals surface area contributed by atoms with Crippen molar-refractivity contribution in [3.63, 3.8) is 0 Å². The van der Waals surface area contributed by atoms with Gasteiger partial charge < -0.3 is 10.2 Å². The minimum atomic E-state index is -3.37. The van der Waals surface area contributed by atoms with Crippen LogP contribution in [0.2, 0.25) is 10.0 Å². The van der Waals surface area contributed by atoms with Crippen molar-refractivity contribution < 1.29 is 13.3 Å². The van der Waals surface area contributed by atoms with Gasteiger partial charge in [0, 0.05) is 22.8 Å². The lowest BCUT2D eigenvalue weighted by Gasteiger charge is -2.13. The fraction of sp³-hybridized carbons (Fsp3) is 0.136. The van der Waals surface area contributed by atoms with E-state index < -0.39 is 15.6 Å². The number of anilines is 2. The van der Waals surface area contributed by atoms with Gasteiger partial charge in [0.25, 0.3) is 5.56 Å². The van der Waals surface area contributed by atoms with Gasteiger partial charge in [0.05, 0.1) is 21.4 Å². The molecular formula is C22H19Cl2N5O4S. The molecule has 0 aliphatic carbocycles. The standard InChI is InChI=1S/C22H19Cl2N5O4S/c1-25-34(31,32)12-13-6-8-15(9-7-13)27-22-26-11-14-10-16(19-17(23)4-3-5-18(19)24)21(30)29(33-2)20(14)28-22/h3-11,25H,12H2,1-2H3,(H,26,27,28). The lowest BCUT2D eigenvalue weighted by molar-refractivity contribution is 0.168. The van der Waals surface area contributed by atoms with Crippen LogP contribution in [-0.4, -0.2) is 37.3 Å². The van der Waals surface area contributed by atoms with E-state index in [1.165, 1.54) is 14.2 Å². The van der Waals surface area contributed by atoms with E-state index in [9.17, 15) is 13.2 Å². The van der Waals surface area contributed by atoms with Gasteiger partial charge in [-0.2, -0.15) is 4.98 Å². The Labute approximate surface area is 205 Å². The number of sulfonamides is 1. The minimum Gasteiger partial charge on any atom is -0.412 e. The van der Waals surface area contributed by atoms with Gasteiger partial charge in [0.1, 0.15) is 7.11 Å². The zero-order valence-corrected chi connectivity index (χ0v) is 20.4. The molecule has 0 saturated heterocycles. The van der Waals surface area contributed by atoms with Crippen molar-refractivity contribution >= 4 is 55.9 Å². The Bertz CT molecular complexity index is 1520. The summed E-state index contributed by atoms with van der Waals surface area (Å²) < 4.78 is 26.7. The summed E-state index contributed by atoms with van der Waals surface area (Å²) in [5.74, 6) is 0.0885. The summed E-state index contributed by atoms with van der Waals surface area (Å²) in [6, 6.07) is 13.4. The van der Waals surface area contributed by atoms with Crippen molar-refractivity contribution in [2.45, 2.75) is 5.75 Å². The zero-order chi connectivity index (χ0) is 24.5. The Morgan fingerprint density at radius 2 is 1.76 bits per heavy atom. The third kappa shape index (κ3) is 4.85. The monoisotopic (exact) mass is 519 g/mol. The number of halogens is 2. The van der Waals surface area contributed by atoms with E-state index in [2.05, 4.69) is 20.0 Å². The quantitative estimate of drug-likeness (QED) is 0.383. The molecule has 0 aliphatic rings. The number of nitrogens with zero attached hydrogens (tertiary/aromatic N) is 3. The van der Waals surface area contributed by atoms with E-state index in [0.29, 0.717) is 32.2 Å². The zero-order valence-electron chi connectivity index (χ0n) is 18.0. The summed E-state index contributed by atoms with van der Waals surface area (Å²) >= 11 is 12.6. The summed E-state index contributed by atoms with van der Waals surface area (Å²) in [5.41, 5.74) is 1.67. The summed E-state index contributed by atoms with van der Waals surface area (Å²) in [6.07, 6.45) is 1.54. The van der Waals surface area contributed by atoms with Crippen LogP contribution in [0.5, 0.6) is 0 Å². The second kappa shape index (κ2) is 9.59. The molecule has 0 fully saturated rings. The molecule has 0 spiro atoms. The highest BCUT2D eigenvalue weighted by Gasteiger charge is 2.18. The average molecular weight is 520 g/mol. The highest BCUT2D eigenvalue weighted by atomic mass is 35.5. The molecule has 0 amide bonds. The lowest BCUT2D eigenvalue weighted by Crippen LogP contribution is -2.27. The van der Waals surface area contributed by atoms with Gasteiger partial charge in [-0.3, -0.25) is 4.79 Å².